The molecule has 0 rings (SSSR count). The summed E-state index contributed by atoms with van der Waals surface area (Å²) in [5.41, 5.74) is 4.83. The summed E-state index contributed by atoms with van der Waals surface area (Å²) in [6, 6.07) is 0. The van der Waals surface area contributed by atoms with Crippen LogP contribution in [0.2, 0.25) is 0 Å². The Morgan fingerprint density at radius 1 is 1.83 bits per heavy atom. The van der Waals surface area contributed by atoms with Gasteiger partial charge in [-0.15, -0.1) is 17.0 Å². The highest BCUT2D eigenvalue weighted by atomic mass is 79.9. The minimum atomic E-state index is 0. The van der Waals surface area contributed by atoms with Crippen molar-refractivity contribution in [3.05, 3.63) is 0 Å². The largest absolute Gasteiger partial charge is 0.387 e. The standard InChI is InChI=1S/C2H5BrN2.BrH/c3-1-2(4)5;/h1H2,(H3,4,5);1H. The Labute approximate surface area is 55.5 Å². The molecule has 0 aliphatic rings. The zero-order valence-corrected chi connectivity index (χ0v) is 6.37. The summed E-state index contributed by atoms with van der Waals surface area (Å²) in [6.45, 7) is 0. The van der Waals surface area contributed by atoms with Crippen LogP contribution in [-0.2, 0) is 0 Å². The summed E-state index contributed by atoms with van der Waals surface area (Å²) in [6.07, 6.45) is 0. The van der Waals surface area contributed by atoms with Crippen LogP contribution in [0.3, 0.4) is 0 Å². The SMILES string of the molecule is Br.N=C(N)CBr. The van der Waals surface area contributed by atoms with Crippen molar-refractivity contribution in [2.75, 3.05) is 5.33 Å². The molecule has 0 aromatic carbocycles. The van der Waals surface area contributed by atoms with Crippen molar-refractivity contribution in [3.63, 3.8) is 0 Å². The highest BCUT2D eigenvalue weighted by molar-refractivity contribution is 9.09. The van der Waals surface area contributed by atoms with Crippen LogP contribution in [0.5, 0.6) is 0 Å². The molecular formula is C2H6Br2N2. The van der Waals surface area contributed by atoms with Gasteiger partial charge in [0.25, 0.3) is 0 Å². The van der Waals surface area contributed by atoms with Crippen LogP contribution in [-0.4, -0.2) is 11.2 Å². The maximum Gasteiger partial charge on any atom is 0.101 e. The van der Waals surface area contributed by atoms with E-state index in [2.05, 4.69) is 15.9 Å². The van der Waals surface area contributed by atoms with Gasteiger partial charge in [-0.05, 0) is 0 Å². The monoisotopic (exact) mass is 216 g/mol. The van der Waals surface area contributed by atoms with Crippen LogP contribution in [0.4, 0.5) is 0 Å². The number of halogens is 2. The average molecular weight is 218 g/mol. The van der Waals surface area contributed by atoms with E-state index in [-0.39, 0.29) is 22.8 Å². The molecule has 0 aromatic heterocycles. The number of alkyl halides is 1. The molecule has 0 aliphatic carbocycles. The van der Waals surface area contributed by atoms with Crippen molar-refractivity contribution in [3.8, 4) is 0 Å². The van der Waals surface area contributed by atoms with E-state index >= 15 is 0 Å². The lowest BCUT2D eigenvalue weighted by Gasteiger charge is -1.77. The van der Waals surface area contributed by atoms with Gasteiger partial charge in [0.05, 0.1) is 5.33 Å². The molecule has 2 nitrogen and oxygen atoms in total. The second-order valence-electron chi connectivity index (χ2n) is 0.659. The van der Waals surface area contributed by atoms with Gasteiger partial charge in [0, 0.05) is 0 Å². The third-order valence-electron chi connectivity index (χ3n) is 0.144. The van der Waals surface area contributed by atoms with Crippen LogP contribution < -0.4 is 5.73 Å². The van der Waals surface area contributed by atoms with Crippen molar-refractivity contribution >= 4 is 38.7 Å². The second kappa shape index (κ2) is 5.43. The van der Waals surface area contributed by atoms with Crippen LogP contribution in [0.15, 0.2) is 0 Å². The molecule has 3 N–H and O–H groups in total. The Kier molecular flexibility index (Phi) is 8.74. The second-order valence-corrected chi connectivity index (χ2v) is 1.22. The van der Waals surface area contributed by atoms with E-state index in [0.29, 0.717) is 5.33 Å². The topological polar surface area (TPSA) is 49.9 Å². The van der Waals surface area contributed by atoms with Gasteiger partial charge in [0.2, 0.25) is 0 Å². The number of rotatable bonds is 1. The van der Waals surface area contributed by atoms with E-state index in [4.69, 9.17) is 11.1 Å². The van der Waals surface area contributed by atoms with Crippen molar-refractivity contribution in [1.29, 1.82) is 5.41 Å². The first-order valence-electron chi connectivity index (χ1n) is 1.16. The van der Waals surface area contributed by atoms with E-state index in [1.807, 2.05) is 0 Å². The van der Waals surface area contributed by atoms with Gasteiger partial charge >= 0.3 is 0 Å². The molecule has 0 saturated carbocycles. The van der Waals surface area contributed by atoms with Gasteiger partial charge in [-0.25, -0.2) is 0 Å². The molecular weight excluding hydrogens is 212 g/mol. The molecule has 0 spiro atoms. The molecule has 0 amide bonds. The Hall–Kier alpha value is 0.430. The predicted molar refractivity (Wildman–Crippen MR) is 36.0 cm³/mol. The number of hydrogen-bond acceptors (Lipinski definition) is 1. The minimum Gasteiger partial charge on any atom is -0.387 e. The quantitative estimate of drug-likeness (QED) is 0.383. The molecule has 0 aromatic rings. The Morgan fingerprint density at radius 3 is 2.00 bits per heavy atom. The smallest absolute Gasteiger partial charge is 0.101 e. The maximum atomic E-state index is 6.47. The Bertz CT molecular complexity index is 44.8. The van der Waals surface area contributed by atoms with Crippen LogP contribution in [0.1, 0.15) is 0 Å². The fraction of sp³-hybridized carbons (Fsp3) is 0.500. The van der Waals surface area contributed by atoms with Crippen molar-refractivity contribution in [2.45, 2.75) is 0 Å². The number of nitrogens with two attached hydrogens (primary N) is 1. The van der Waals surface area contributed by atoms with E-state index in [0.717, 1.165) is 0 Å². The first-order valence-corrected chi connectivity index (χ1v) is 2.28. The Morgan fingerprint density at radius 2 is 2.00 bits per heavy atom. The van der Waals surface area contributed by atoms with Gasteiger partial charge in [-0.3, -0.25) is 5.41 Å². The summed E-state index contributed by atoms with van der Waals surface area (Å²) in [5.74, 6) is 0.171. The first kappa shape index (κ1) is 9.66. The molecule has 0 radical (unpaired) electrons. The lowest BCUT2D eigenvalue weighted by atomic mass is 10.7. The molecule has 0 fully saturated rings. The molecule has 0 heterocycles. The number of amidine groups is 1. The van der Waals surface area contributed by atoms with E-state index < -0.39 is 0 Å². The molecule has 4 heteroatoms. The van der Waals surface area contributed by atoms with Gasteiger partial charge in [-0.2, -0.15) is 0 Å². The molecule has 0 saturated heterocycles. The van der Waals surface area contributed by atoms with Crippen LogP contribution in [0.25, 0.3) is 0 Å². The molecule has 0 atom stereocenters. The molecule has 0 bridgehead atoms. The zero-order valence-electron chi connectivity index (χ0n) is 3.07. The van der Waals surface area contributed by atoms with Gasteiger partial charge < -0.3 is 5.73 Å². The summed E-state index contributed by atoms with van der Waals surface area (Å²) in [5, 5.41) is 6.95. The molecule has 6 heavy (non-hydrogen) atoms. The van der Waals surface area contributed by atoms with Crippen molar-refractivity contribution in [2.24, 2.45) is 5.73 Å². The zero-order chi connectivity index (χ0) is 4.28. The minimum absolute atomic E-state index is 0. The fourth-order valence-corrected chi connectivity index (χ4v) is 0. The predicted octanol–water partition coefficient (Wildman–Crippen LogP) is 0.895. The van der Waals surface area contributed by atoms with Crippen molar-refractivity contribution in [1.82, 2.24) is 0 Å². The lowest BCUT2D eigenvalue weighted by Crippen LogP contribution is -2.09. The average Bonchev–Trinajstić information content (AvgIpc) is 1.38. The lowest BCUT2D eigenvalue weighted by molar-refractivity contribution is 1.43. The van der Waals surface area contributed by atoms with Crippen LogP contribution >= 0.6 is 32.9 Å². The third kappa shape index (κ3) is 8.83. The maximum absolute atomic E-state index is 6.47. The van der Waals surface area contributed by atoms with Gasteiger partial charge in [0.1, 0.15) is 5.84 Å². The highest BCUT2D eigenvalue weighted by Crippen LogP contribution is 1.71. The van der Waals surface area contributed by atoms with E-state index in [1.165, 1.54) is 0 Å². The number of nitrogens with one attached hydrogen (secondary N) is 1. The number of hydrogen-bond donors (Lipinski definition) is 2. The highest BCUT2D eigenvalue weighted by Gasteiger charge is 1.73. The van der Waals surface area contributed by atoms with Gasteiger partial charge in [-0.1, -0.05) is 15.9 Å². The molecule has 38 valence electrons. The fourth-order valence-electron chi connectivity index (χ4n) is 0. The summed E-state index contributed by atoms with van der Waals surface area (Å²) < 4.78 is 0. The van der Waals surface area contributed by atoms with Crippen molar-refractivity contribution < 1.29 is 0 Å². The first-order chi connectivity index (χ1) is 2.27. The summed E-state index contributed by atoms with van der Waals surface area (Å²) in [7, 11) is 0. The van der Waals surface area contributed by atoms with E-state index in [1.54, 1.807) is 0 Å². The van der Waals surface area contributed by atoms with E-state index in [9.17, 15) is 0 Å². The molecule has 0 aliphatic heterocycles. The summed E-state index contributed by atoms with van der Waals surface area (Å²) in [4.78, 5) is 0. The molecule has 0 unspecified atom stereocenters. The Balaban J connectivity index is 0. The van der Waals surface area contributed by atoms with Crippen LogP contribution in [0, 0.1) is 5.41 Å². The third-order valence-corrected chi connectivity index (χ3v) is 0.748. The normalized spacial score (nSPS) is 6.17. The summed E-state index contributed by atoms with van der Waals surface area (Å²) >= 11 is 2.96. The van der Waals surface area contributed by atoms with Gasteiger partial charge in [0.15, 0.2) is 0 Å².